The van der Waals surface area contributed by atoms with Crippen LogP contribution in [-0.4, -0.2) is 22.8 Å². The van der Waals surface area contributed by atoms with Gasteiger partial charge in [0.2, 0.25) is 5.88 Å². The second-order valence-electron chi connectivity index (χ2n) is 4.07. The van der Waals surface area contributed by atoms with E-state index in [0.717, 1.165) is 0 Å². The first-order valence-electron chi connectivity index (χ1n) is 4.54. The largest absolute Gasteiger partial charge is 0.444 e. The van der Waals surface area contributed by atoms with E-state index < -0.39 is 17.6 Å². The highest BCUT2D eigenvalue weighted by Crippen LogP contribution is 2.12. The molecule has 7 nitrogen and oxygen atoms in total. The molecule has 0 saturated heterocycles. The fourth-order valence-corrected chi connectivity index (χ4v) is 0.854. The summed E-state index contributed by atoms with van der Waals surface area (Å²) in [6, 6.07) is 1.21. The quantitative estimate of drug-likeness (QED) is 0.787. The van der Waals surface area contributed by atoms with E-state index in [-0.39, 0.29) is 11.6 Å². The van der Waals surface area contributed by atoms with E-state index in [4.69, 9.17) is 10.5 Å². The molecule has 0 saturated carbocycles. The van der Waals surface area contributed by atoms with Crippen molar-refractivity contribution in [2.24, 2.45) is 5.73 Å². The van der Waals surface area contributed by atoms with Gasteiger partial charge in [-0.2, -0.15) is 0 Å². The minimum Gasteiger partial charge on any atom is -0.444 e. The van der Waals surface area contributed by atoms with Crippen LogP contribution in [0.25, 0.3) is 0 Å². The van der Waals surface area contributed by atoms with Crippen LogP contribution in [0.3, 0.4) is 0 Å². The molecule has 0 aromatic carbocycles. The highest BCUT2D eigenvalue weighted by molar-refractivity contribution is 5.92. The van der Waals surface area contributed by atoms with Gasteiger partial charge >= 0.3 is 6.09 Å². The number of aromatic nitrogens is 1. The molecule has 0 aliphatic rings. The van der Waals surface area contributed by atoms with Crippen LogP contribution < -0.4 is 11.1 Å². The Balaban J connectivity index is 2.60. The molecule has 0 spiro atoms. The molecule has 2 amide bonds. The number of primary amides is 1. The normalized spacial score (nSPS) is 10.9. The molecule has 88 valence electrons. The van der Waals surface area contributed by atoms with E-state index in [1.807, 2.05) is 0 Å². The predicted octanol–water partition coefficient (Wildman–Crippen LogP) is 1.12. The van der Waals surface area contributed by atoms with Crippen molar-refractivity contribution in [1.29, 1.82) is 0 Å². The zero-order valence-corrected chi connectivity index (χ0v) is 9.23. The van der Waals surface area contributed by atoms with Gasteiger partial charge in [-0.25, -0.2) is 4.79 Å². The number of rotatable bonds is 2. The first kappa shape index (κ1) is 12.0. The Morgan fingerprint density at radius 1 is 1.50 bits per heavy atom. The summed E-state index contributed by atoms with van der Waals surface area (Å²) in [5, 5.41) is 5.62. The maximum Gasteiger partial charge on any atom is 0.414 e. The van der Waals surface area contributed by atoms with Crippen LogP contribution in [-0.2, 0) is 4.74 Å². The average molecular weight is 227 g/mol. The maximum absolute atomic E-state index is 11.3. The van der Waals surface area contributed by atoms with Gasteiger partial charge in [-0.05, 0) is 20.8 Å². The van der Waals surface area contributed by atoms with Crippen molar-refractivity contribution in [3.8, 4) is 0 Å². The van der Waals surface area contributed by atoms with Crippen LogP contribution in [0.1, 0.15) is 31.3 Å². The van der Waals surface area contributed by atoms with Crippen LogP contribution >= 0.6 is 0 Å². The Morgan fingerprint density at radius 2 is 2.12 bits per heavy atom. The first-order valence-corrected chi connectivity index (χ1v) is 4.54. The summed E-state index contributed by atoms with van der Waals surface area (Å²) in [4.78, 5) is 22.0. The summed E-state index contributed by atoms with van der Waals surface area (Å²) >= 11 is 0. The van der Waals surface area contributed by atoms with E-state index in [1.54, 1.807) is 20.8 Å². The molecule has 3 N–H and O–H groups in total. The lowest BCUT2D eigenvalue weighted by Gasteiger charge is -2.18. The molecule has 1 aromatic heterocycles. The van der Waals surface area contributed by atoms with Crippen molar-refractivity contribution in [3.63, 3.8) is 0 Å². The first-order chi connectivity index (χ1) is 7.28. The molecule has 0 atom stereocenters. The molecule has 7 heteroatoms. The number of carbonyl (C=O) groups is 2. The van der Waals surface area contributed by atoms with Gasteiger partial charge in [0.05, 0.1) is 0 Å². The smallest absolute Gasteiger partial charge is 0.414 e. The second-order valence-corrected chi connectivity index (χ2v) is 4.07. The number of hydrogen-bond donors (Lipinski definition) is 2. The highest BCUT2D eigenvalue weighted by Gasteiger charge is 2.18. The molecule has 0 radical (unpaired) electrons. The molecular weight excluding hydrogens is 214 g/mol. The molecule has 1 aromatic rings. The topological polar surface area (TPSA) is 107 Å². The van der Waals surface area contributed by atoms with E-state index in [1.165, 1.54) is 6.07 Å². The van der Waals surface area contributed by atoms with Crippen molar-refractivity contribution in [2.75, 3.05) is 5.32 Å². The third kappa shape index (κ3) is 3.60. The number of nitrogens with zero attached hydrogens (tertiary/aromatic N) is 1. The molecule has 1 rings (SSSR count). The lowest BCUT2D eigenvalue weighted by molar-refractivity contribution is 0.0631. The number of nitrogens with two attached hydrogens (primary N) is 1. The molecule has 0 fully saturated rings. The summed E-state index contributed by atoms with van der Waals surface area (Å²) < 4.78 is 9.61. The van der Waals surface area contributed by atoms with Gasteiger partial charge in [0.25, 0.3) is 5.91 Å². The molecule has 0 aliphatic carbocycles. The number of nitrogens with one attached hydrogen (secondary N) is 1. The minimum atomic E-state index is -0.735. The number of ether oxygens (including phenoxy) is 1. The lowest BCUT2D eigenvalue weighted by Crippen LogP contribution is -2.27. The van der Waals surface area contributed by atoms with E-state index in [9.17, 15) is 9.59 Å². The highest BCUT2D eigenvalue weighted by atomic mass is 16.6. The Bertz CT molecular complexity index is 405. The molecule has 0 aliphatic heterocycles. The summed E-state index contributed by atoms with van der Waals surface area (Å²) in [6.07, 6.45) is -0.695. The summed E-state index contributed by atoms with van der Waals surface area (Å²) in [6.45, 7) is 5.17. The maximum atomic E-state index is 11.3. The van der Waals surface area contributed by atoms with Crippen molar-refractivity contribution in [2.45, 2.75) is 26.4 Å². The van der Waals surface area contributed by atoms with Gasteiger partial charge in [-0.15, -0.1) is 0 Å². The van der Waals surface area contributed by atoms with Crippen LogP contribution in [0, 0.1) is 0 Å². The minimum absolute atomic E-state index is 0.00282. The zero-order valence-electron chi connectivity index (χ0n) is 9.23. The van der Waals surface area contributed by atoms with Crippen molar-refractivity contribution < 1.29 is 18.8 Å². The Morgan fingerprint density at radius 3 is 2.56 bits per heavy atom. The molecule has 1 heterocycles. The second kappa shape index (κ2) is 4.21. The Kier molecular flexibility index (Phi) is 3.17. The lowest BCUT2D eigenvalue weighted by atomic mass is 10.2. The van der Waals surface area contributed by atoms with Crippen LogP contribution in [0.5, 0.6) is 0 Å². The molecular formula is C9H13N3O4. The number of amides is 2. The van der Waals surface area contributed by atoms with Crippen molar-refractivity contribution in [1.82, 2.24) is 5.16 Å². The van der Waals surface area contributed by atoms with Gasteiger partial charge in [0, 0.05) is 6.07 Å². The predicted molar refractivity (Wildman–Crippen MR) is 54.9 cm³/mol. The third-order valence-corrected chi connectivity index (χ3v) is 1.39. The van der Waals surface area contributed by atoms with Crippen molar-refractivity contribution >= 4 is 17.9 Å². The van der Waals surface area contributed by atoms with Crippen molar-refractivity contribution in [3.05, 3.63) is 11.8 Å². The Labute approximate surface area is 91.9 Å². The van der Waals surface area contributed by atoms with Gasteiger partial charge in [-0.1, -0.05) is 5.16 Å². The molecule has 16 heavy (non-hydrogen) atoms. The average Bonchev–Trinajstić information content (AvgIpc) is 2.48. The molecule has 0 unspecified atom stereocenters. The van der Waals surface area contributed by atoms with E-state index in [0.29, 0.717) is 0 Å². The number of anilines is 1. The van der Waals surface area contributed by atoms with Gasteiger partial charge in [0.15, 0.2) is 5.69 Å². The fraction of sp³-hybridized carbons (Fsp3) is 0.444. The fourth-order valence-electron chi connectivity index (χ4n) is 0.854. The van der Waals surface area contributed by atoms with E-state index >= 15 is 0 Å². The SMILES string of the molecule is CC(C)(C)OC(=O)Nc1cc(C(N)=O)no1. The standard InChI is InChI=1S/C9H13N3O4/c1-9(2,3)15-8(14)11-6-4-5(7(10)13)12-16-6/h4H,1-3H3,(H2,10,13)(H,11,14). The van der Waals surface area contributed by atoms with Crippen LogP contribution in [0.2, 0.25) is 0 Å². The van der Waals surface area contributed by atoms with Gasteiger partial charge in [-0.3, -0.25) is 10.1 Å². The summed E-state index contributed by atoms with van der Waals surface area (Å²) in [7, 11) is 0. The summed E-state index contributed by atoms with van der Waals surface area (Å²) in [5.41, 5.74) is 4.28. The Hall–Kier alpha value is -2.05. The van der Waals surface area contributed by atoms with E-state index in [2.05, 4.69) is 15.0 Å². The third-order valence-electron chi connectivity index (χ3n) is 1.39. The van der Waals surface area contributed by atoms with Gasteiger partial charge in [0.1, 0.15) is 5.60 Å². The number of carbonyl (C=O) groups excluding carboxylic acids is 2. The summed E-state index contributed by atoms with van der Waals surface area (Å²) in [5.74, 6) is -0.732. The van der Waals surface area contributed by atoms with Crippen LogP contribution in [0.4, 0.5) is 10.7 Å². The molecule has 0 bridgehead atoms. The zero-order chi connectivity index (χ0) is 12.3. The monoisotopic (exact) mass is 227 g/mol. The van der Waals surface area contributed by atoms with Crippen LogP contribution in [0.15, 0.2) is 10.6 Å². The number of hydrogen-bond acceptors (Lipinski definition) is 5. The van der Waals surface area contributed by atoms with Gasteiger partial charge < -0.3 is 15.0 Å².